The quantitative estimate of drug-likeness (QED) is 0.526. The molecule has 0 N–H and O–H groups in total. The van der Waals surface area contributed by atoms with Crippen LogP contribution in [0.3, 0.4) is 0 Å². The van der Waals surface area contributed by atoms with Gasteiger partial charge in [0, 0.05) is 12.8 Å². The van der Waals surface area contributed by atoms with Crippen LogP contribution in [-0.2, 0) is 4.79 Å². The van der Waals surface area contributed by atoms with Gasteiger partial charge in [0.25, 0.3) is 0 Å². The Labute approximate surface area is 61.6 Å². The number of ketones is 1. The van der Waals surface area contributed by atoms with Crippen molar-refractivity contribution in [1.29, 1.82) is 0 Å². The zero-order valence-electron chi connectivity index (χ0n) is 6.53. The van der Waals surface area contributed by atoms with Crippen LogP contribution in [0, 0.1) is 0 Å². The third-order valence-electron chi connectivity index (χ3n) is 1.43. The number of hydrogen-bond donors (Lipinski definition) is 0. The van der Waals surface area contributed by atoms with Gasteiger partial charge in [-0.2, -0.15) is 0 Å². The minimum atomic E-state index is -0.495. The fourth-order valence-corrected chi connectivity index (χ4v) is 0.803. The molecule has 0 bridgehead atoms. The molecule has 10 heavy (non-hydrogen) atoms. The molecule has 0 aromatic rings. The van der Waals surface area contributed by atoms with Crippen molar-refractivity contribution >= 4 is 5.78 Å². The van der Waals surface area contributed by atoms with E-state index in [9.17, 15) is 9.18 Å². The molecular weight excluding hydrogens is 131 g/mol. The first-order chi connectivity index (χ1) is 4.81. The maximum atomic E-state index is 11.5. The lowest BCUT2D eigenvalue weighted by Gasteiger charge is -1.95. The van der Waals surface area contributed by atoms with Crippen LogP contribution in [0.5, 0.6) is 0 Å². The molecule has 60 valence electrons. The number of alkyl halides is 1. The van der Waals surface area contributed by atoms with Crippen LogP contribution in [0.1, 0.15) is 39.0 Å². The average molecular weight is 146 g/mol. The molecule has 0 fully saturated rings. The van der Waals surface area contributed by atoms with Gasteiger partial charge in [0.05, 0.1) is 6.67 Å². The second kappa shape index (κ2) is 6.72. The molecule has 2 heteroatoms. The molecule has 0 rings (SSSR count). The fourth-order valence-electron chi connectivity index (χ4n) is 0.803. The first-order valence-electron chi connectivity index (χ1n) is 3.89. The van der Waals surface area contributed by atoms with Crippen molar-refractivity contribution in [2.45, 2.75) is 39.0 Å². The van der Waals surface area contributed by atoms with E-state index in [1.807, 2.05) is 0 Å². The highest BCUT2D eigenvalue weighted by Crippen LogP contribution is 2.01. The molecule has 0 aliphatic heterocycles. The topological polar surface area (TPSA) is 17.1 Å². The van der Waals surface area contributed by atoms with E-state index in [4.69, 9.17) is 0 Å². The van der Waals surface area contributed by atoms with Gasteiger partial charge in [-0.05, 0) is 6.42 Å². The molecule has 0 unspecified atom stereocenters. The van der Waals surface area contributed by atoms with E-state index < -0.39 is 6.67 Å². The molecule has 0 amide bonds. The number of hydrogen-bond acceptors (Lipinski definition) is 1. The highest BCUT2D eigenvalue weighted by atomic mass is 19.1. The molecule has 1 nitrogen and oxygen atoms in total. The first kappa shape index (κ1) is 9.60. The third-order valence-corrected chi connectivity index (χ3v) is 1.43. The molecule has 0 saturated heterocycles. The Morgan fingerprint density at radius 2 is 2.00 bits per heavy atom. The normalized spacial score (nSPS) is 9.80. The molecule has 0 aliphatic rings. The van der Waals surface area contributed by atoms with Gasteiger partial charge in [-0.15, -0.1) is 0 Å². The van der Waals surface area contributed by atoms with E-state index in [-0.39, 0.29) is 12.2 Å². The minimum absolute atomic E-state index is 0.0657. The molecule has 0 aromatic carbocycles. The molecule has 0 spiro atoms. The predicted octanol–water partition coefficient (Wildman–Crippen LogP) is 2.50. The van der Waals surface area contributed by atoms with E-state index >= 15 is 0 Å². The highest BCUT2D eigenvalue weighted by molar-refractivity contribution is 5.78. The summed E-state index contributed by atoms with van der Waals surface area (Å²) in [6.45, 7) is 1.59. The molecule has 0 atom stereocenters. The van der Waals surface area contributed by atoms with E-state index in [0.29, 0.717) is 6.42 Å². The number of halogens is 1. The summed E-state index contributed by atoms with van der Waals surface area (Å²) in [5.41, 5.74) is 0. The summed E-state index contributed by atoms with van der Waals surface area (Å²) in [4.78, 5) is 10.7. The van der Waals surface area contributed by atoms with Crippen LogP contribution in [0.2, 0.25) is 0 Å². The van der Waals surface area contributed by atoms with Crippen molar-refractivity contribution in [2.24, 2.45) is 0 Å². The van der Waals surface area contributed by atoms with Crippen LogP contribution in [-0.4, -0.2) is 12.5 Å². The Bertz CT molecular complexity index is 91.3. The summed E-state index contributed by atoms with van der Waals surface area (Å²) in [5.74, 6) is 0.0657. The molecule has 0 aromatic heterocycles. The molecular formula is C8H15FO. The lowest BCUT2D eigenvalue weighted by molar-refractivity contribution is -0.119. The zero-order valence-corrected chi connectivity index (χ0v) is 6.53. The minimum Gasteiger partial charge on any atom is -0.300 e. The van der Waals surface area contributed by atoms with Crippen LogP contribution >= 0.6 is 0 Å². The Kier molecular flexibility index (Phi) is 6.45. The summed E-state index contributed by atoms with van der Waals surface area (Å²) >= 11 is 0. The number of unbranched alkanes of at least 4 members (excludes halogenated alkanes) is 2. The van der Waals surface area contributed by atoms with Crippen molar-refractivity contribution in [3.63, 3.8) is 0 Å². The lowest BCUT2D eigenvalue weighted by Crippen LogP contribution is -1.97. The standard InChI is InChI=1S/C8H15FO/c1-2-3-4-5-8(10)6-7-9/h2-7H2,1H3. The smallest absolute Gasteiger partial charge is 0.135 e. The van der Waals surface area contributed by atoms with E-state index in [1.54, 1.807) is 0 Å². The molecule has 0 saturated carbocycles. The maximum Gasteiger partial charge on any atom is 0.135 e. The summed E-state index contributed by atoms with van der Waals surface area (Å²) in [5, 5.41) is 0. The van der Waals surface area contributed by atoms with Gasteiger partial charge in [-0.25, -0.2) is 0 Å². The van der Waals surface area contributed by atoms with Crippen molar-refractivity contribution < 1.29 is 9.18 Å². The second-order valence-corrected chi connectivity index (χ2v) is 2.43. The van der Waals surface area contributed by atoms with Crippen LogP contribution in [0.4, 0.5) is 4.39 Å². The zero-order chi connectivity index (χ0) is 7.82. The molecule has 0 radical (unpaired) electrons. The van der Waals surface area contributed by atoms with Gasteiger partial charge in [0.15, 0.2) is 0 Å². The van der Waals surface area contributed by atoms with E-state index in [1.165, 1.54) is 0 Å². The number of carbonyl (C=O) groups is 1. The third kappa shape index (κ3) is 5.73. The summed E-state index contributed by atoms with van der Waals surface area (Å²) < 4.78 is 11.5. The van der Waals surface area contributed by atoms with Gasteiger partial charge >= 0.3 is 0 Å². The van der Waals surface area contributed by atoms with Gasteiger partial charge in [-0.1, -0.05) is 19.8 Å². The van der Waals surface area contributed by atoms with Crippen LogP contribution in [0.25, 0.3) is 0 Å². The van der Waals surface area contributed by atoms with Crippen molar-refractivity contribution in [3.8, 4) is 0 Å². The van der Waals surface area contributed by atoms with Gasteiger partial charge < -0.3 is 0 Å². The molecule has 0 heterocycles. The van der Waals surface area contributed by atoms with E-state index in [2.05, 4.69) is 6.92 Å². The predicted molar refractivity (Wildman–Crippen MR) is 39.7 cm³/mol. The monoisotopic (exact) mass is 146 g/mol. The average Bonchev–Trinajstić information content (AvgIpc) is 1.89. The highest BCUT2D eigenvalue weighted by Gasteiger charge is 1.99. The van der Waals surface area contributed by atoms with Crippen molar-refractivity contribution in [3.05, 3.63) is 0 Å². The Balaban J connectivity index is 3.05. The van der Waals surface area contributed by atoms with Gasteiger partial charge in [0.2, 0.25) is 0 Å². The van der Waals surface area contributed by atoms with E-state index in [0.717, 1.165) is 19.3 Å². The molecule has 0 aliphatic carbocycles. The van der Waals surface area contributed by atoms with Gasteiger partial charge in [-0.3, -0.25) is 9.18 Å². The summed E-state index contributed by atoms with van der Waals surface area (Å²) in [7, 11) is 0. The van der Waals surface area contributed by atoms with Crippen LogP contribution < -0.4 is 0 Å². The van der Waals surface area contributed by atoms with Gasteiger partial charge in [0.1, 0.15) is 5.78 Å². The first-order valence-corrected chi connectivity index (χ1v) is 3.89. The maximum absolute atomic E-state index is 11.5. The second-order valence-electron chi connectivity index (χ2n) is 2.43. The Hall–Kier alpha value is -0.400. The van der Waals surface area contributed by atoms with Crippen molar-refractivity contribution in [1.82, 2.24) is 0 Å². The van der Waals surface area contributed by atoms with Crippen molar-refractivity contribution in [2.75, 3.05) is 6.67 Å². The SMILES string of the molecule is CCCCCC(=O)CCF. The summed E-state index contributed by atoms with van der Waals surface area (Å²) in [6, 6.07) is 0. The number of Topliss-reactive ketones (excluding diaryl/α,β-unsaturated/α-hetero) is 1. The Morgan fingerprint density at radius 3 is 2.50 bits per heavy atom. The largest absolute Gasteiger partial charge is 0.300 e. The fraction of sp³-hybridized carbons (Fsp3) is 0.875. The number of carbonyl (C=O) groups excluding carboxylic acids is 1. The van der Waals surface area contributed by atoms with Crippen LogP contribution in [0.15, 0.2) is 0 Å². The lowest BCUT2D eigenvalue weighted by atomic mass is 10.1. The number of rotatable bonds is 6. The summed E-state index contributed by atoms with van der Waals surface area (Å²) in [6.07, 6.45) is 3.80. The Morgan fingerprint density at radius 1 is 1.30 bits per heavy atom.